The summed E-state index contributed by atoms with van der Waals surface area (Å²) in [5, 5.41) is 21.4. The van der Waals surface area contributed by atoms with Crippen LogP contribution in [0.5, 0.6) is 0 Å². The lowest BCUT2D eigenvalue weighted by atomic mass is 9.32. The number of nitrogens with two attached hydrogens (primary N) is 3. The zero-order chi connectivity index (χ0) is 32.3. The summed E-state index contributed by atoms with van der Waals surface area (Å²) in [5.41, 5.74) is 16.1. The topological polar surface area (TPSA) is 170 Å². The first-order valence-corrected chi connectivity index (χ1v) is 16.7. The standard InChI is InChI=1S/C30H48O3.C5H11N3O2/c1-18(2)19-10-15-30(25(32)33)17-16-28(6)20(24(19)30)8-9-22-27(5)13-12-23(31)26(3,4)21(27)11-14-29(22,28)7;6-3(5(8)10)1-2-4(7)9/h19-24,31H,1,8-17H2,2-7H3,(H,32,33);3H,1-2,6H2,(H2,7,9)(H2,8,10)/t19-,20+,21-,22+,23-,24+,27-,28+,29+,30-;3-/m00/s1. The average Bonchev–Trinajstić information content (AvgIpc) is 3.32. The van der Waals surface area contributed by atoms with Crippen molar-refractivity contribution < 1.29 is 24.6 Å². The molecule has 0 spiro atoms. The van der Waals surface area contributed by atoms with Gasteiger partial charge in [-0.3, -0.25) is 14.4 Å². The SMILES string of the molecule is C=C(C)[C@@H]1CC[C@]2(C(=O)O)CC[C@]3(C)[C@H](CC[C@@H]4[C@@]5(C)CC[C@H](O)C(C)(C)[C@@H]5CC[C@]43C)[C@@H]12.NC(=O)CC[C@H](N)C(N)=O. The number of allylic oxidation sites excluding steroid dienone is 1. The molecule has 5 aliphatic rings. The first-order chi connectivity index (χ1) is 19.8. The Morgan fingerprint density at radius 1 is 0.860 bits per heavy atom. The van der Waals surface area contributed by atoms with E-state index in [1.54, 1.807) is 0 Å². The van der Waals surface area contributed by atoms with Crippen molar-refractivity contribution in [1.82, 2.24) is 0 Å². The number of hydrogen-bond donors (Lipinski definition) is 5. The van der Waals surface area contributed by atoms with Gasteiger partial charge in [-0.2, -0.15) is 0 Å². The van der Waals surface area contributed by atoms with Crippen molar-refractivity contribution in [2.45, 2.75) is 131 Å². The summed E-state index contributed by atoms with van der Waals surface area (Å²) in [6, 6.07) is -0.757. The second kappa shape index (κ2) is 11.5. The zero-order valence-corrected chi connectivity index (χ0v) is 27.6. The van der Waals surface area contributed by atoms with Crippen LogP contribution in [-0.2, 0) is 14.4 Å². The number of carbonyl (C=O) groups is 3. The van der Waals surface area contributed by atoms with E-state index < -0.39 is 29.2 Å². The summed E-state index contributed by atoms with van der Waals surface area (Å²) < 4.78 is 0. The van der Waals surface area contributed by atoms with E-state index in [4.69, 9.17) is 17.2 Å². The highest BCUT2D eigenvalue weighted by molar-refractivity contribution is 5.81. The molecule has 5 rings (SSSR count). The second-order valence-corrected chi connectivity index (χ2v) is 16.5. The highest BCUT2D eigenvalue weighted by Crippen LogP contribution is 2.77. The van der Waals surface area contributed by atoms with Crippen LogP contribution >= 0.6 is 0 Å². The zero-order valence-electron chi connectivity index (χ0n) is 27.6. The van der Waals surface area contributed by atoms with Gasteiger partial charge >= 0.3 is 5.97 Å². The van der Waals surface area contributed by atoms with Crippen molar-refractivity contribution in [3.8, 4) is 0 Å². The van der Waals surface area contributed by atoms with Crippen molar-refractivity contribution in [3.63, 3.8) is 0 Å². The van der Waals surface area contributed by atoms with Gasteiger partial charge in [-0.05, 0) is 129 Å². The third-order valence-corrected chi connectivity index (χ3v) is 14.5. The number of aliphatic hydroxyl groups is 1. The van der Waals surface area contributed by atoms with Gasteiger partial charge in [0.05, 0.1) is 17.6 Å². The number of aliphatic carboxylic acids is 1. The van der Waals surface area contributed by atoms with Gasteiger partial charge in [0.25, 0.3) is 0 Å². The van der Waals surface area contributed by atoms with E-state index in [0.29, 0.717) is 23.7 Å². The first-order valence-electron chi connectivity index (χ1n) is 16.7. The van der Waals surface area contributed by atoms with Gasteiger partial charge in [0.15, 0.2) is 0 Å². The molecule has 0 heterocycles. The molecule has 8 nitrogen and oxygen atoms in total. The molecule has 8 heteroatoms. The number of carboxylic acids is 1. The Balaban J connectivity index is 0.000000365. The lowest BCUT2D eigenvalue weighted by Gasteiger charge is -2.72. The third kappa shape index (κ3) is 5.16. The summed E-state index contributed by atoms with van der Waals surface area (Å²) in [6.07, 6.45) is 10.8. The predicted octanol–water partition coefficient (Wildman–Crippen LogP) is 5.15. The molecule has 0 aromatic heterocycles. The van der Waals surface area contributed by atoms with Crippen LogP contribution in [0.2, 0.25) is 0 Å². The monoisotopic (exact) mass is 601 g/mol. The van der Waals surface area contributed by atoms with Crippen molar-refractivity contribution in [2.75, 3.05) is 0 Å². The number of carboxylic acid groups (broad SMARTS) is 1. The lowest BCUT2D eigenvalue weighted by Crippen LogP contribution is -2.67. The smallest absolute Gasteiger partial charge is 0.309 e. The van der Waals surface area contributed by atoms with Gasteiger partial charge in [-0.15, -0.1) is 0 Å². The maximum absolute atomic E-state index is 12.8. The molecular weight excluding hydrogens is 542 g/mol. The van der Waals surface area contributed by atoms with Crippen LogP contribution in [0.1, 0.15) is 119 Å². The van der Waals surface area contributed by atoms with Crippen LogP contribution in [0, 0.1) is 56.7 Å². The number of fused-ring (bicyclic) bond motifs is 7. The number of amides is 2. The average molecular weight is 602 g/mol. The largest absolute Gasteiger partial charge is 0.481 e. The fourth-order valence-electron chi connectivity index (χ4n) is 11.9. The molecule has 0 saturated heterocycles. The maximum atomic E-state index is 12.8. The minimum absolute atomic E-state index is 0.0202. The van der Waals surface area contributed by atoms with Crippen molar-refractivity contribution in [2.24, 2.45) is 73.9 Å². The summed E-state index contributed by atoms with van der Waals surface area (Å²) in [5.74, 6) is 0.709. The molecule has 11 atom stereocenters. The summed E-state index contributed by atoms with van der Waals surface area (Å²) >= 11 is 0. The Morgan fingerprint density at radius 2 is 1.51 bits per heavy atom. The second-order valence-electron chi connectivity index (χ2n) is 16.5. The molecule has 5 aliphatic carbocycles. The van der Waals surface area contributed by atoms with Gasteiger partial charge in [0.1, 0.15) is 0 Å². The Labute approximate surface area is 259 Å². The van der Waals surface area contributed by atoms with Gasteiger partial charge in [0, 0.05) is 6.42 Å². The van der Waals surface area contributed by atoms with Crippen molar-refractivity contribution >= 4 is 17.8 Å². The minimum Gasteiger partial charge on any atom is -0.481 e. The molecule has 43 heavy (non-hydrogen) atoms. The van der Waals surface area contributed by atoms with Gasteiger partial charge in [0.2, 0.25) is 11.8 Å². The molecule has 0 unspecified atom stereocenters. The van der Waals surface area contributed by atoms with E-state index in [-0.39, 0.29) is 46.5 Å². The number of primary amides is 2. The van der Waals surface area contributed by atoms with Crippen LogP contribution in [0.3, 0.4) is 0 Å². The quantitative estimate of drug-likeness (QED) is 0.264. The first kappa shape index (κ1) is 34.0. The van der Waals surface area contributed by atoms with Gasteiger partial charge in [-0.25, -0.2) is 0 Å². The molecule has 0 aromatic carbocycles. The fourth-order valence-corrected chi connectivity index (χ4v) is 11.9. The maximum Gasteiger partial charge on any atom is 0.309 e. The normalized spacial score (nSPS) is 45.1. The Hall–Kier alpha value is -1.93. The highest BCUT2D eigenvalue weighted by Gasteiger charge is 2.72. The number of carbonyl (C=O) groups excluding carboxylic acids is 2. The molecule has 0 aromatic rings. The van der Waals surface area contributed by atoms with E-state index in [1.807, 2.05) is 0 Å². The van der Waals surface area contributed by atoms with E-state index in [0.717, 1.165) is 38.5 Å². The summed E-state index contributed by atoms with van der Waals surface area (Å²) in [6.45, 7) is 18.8. The van der Waals surface area contributed by atoms with Crippen molar-refractivity contribution in [3.05, 3.63) is 12.2 Å². The molecule has 0 radical (unpaired) electrons. The van der Waals surface area contributed by atoms with E-state index in [1.165, 1.54) is 31.3 Å². The summed E-state index contributed by atoms with van der Waals surface area (Å²) in [7, 11) is 0. The molecule has 5 fully saturated rings. The van der Waals surface area contributed by atoms with E-state index >= 15 is 0 Å². The van der Waals surface area contributed by atoms with E-state index in [2.05, 4.69) is 48.1 Å². The van der Waals surface area contributed by atoms with Crippen LogP contribution < -0.4 is 17.2 Å². The fraction of sp³-hybridized carbons (Fsp3) is 0.857. The third-order valence-electron chi connectivity index (χ3n) is 14.5. The van der Waals surface area contributed by atoms with Gasteiger partial charge < -0.3 is 27.4 Å². The minimum atomic E-state index is -0.757. The van der Waals surface area contributed by atoms with Gasteiger partial charge in [-0.1, -0.05) is 46.8 Å². The lowest BCUT2D eigenvalue weighted by molar-refractivity contribution is -0.248. The van der Waals surface area contributed by atoms with Crippen LogP contribution in [-0.4, -0.2) is 40.1 Å². The Morgan fingerprint density at radius 3 is 2.07 bits per heavy atom. The number of aliphatic hydroxyl groups excluding tert-OH is 1. The molecule has 5 saturated carbocycles. The van der Waals surface area contributed by atoms with Crippen molar-refractivity contribution in [1.29, 1.82) is 0 Å². The number of rotatable bonds is 6. The Kier molecular flexibility index (Phi) is 9.05. The summed E-state index contributed by atoms with van der Waals surface area (Å²) in [4.78, 5) is 33.2. The molecule has 2 amide bonds. The highest BCUT2D eigenvalue weighted by atomic mass is 16.4. The predicted molar refractivity (Wildman–Crippen MR) is 168 cm³/mol. The molecule has 0 aliphatic heterocycles. The van der Waals surface area contributed by atoms with E-state index in [9.17, 15) is 24.6 Å². The Bertz CT molecular complexity index is 1140. The van der Waals surface area contributed by atoms with Crippen LogP contribution in [0.25, 0.3) is 0 Å². The molecule has 8 N–H and O–H groups in total. The molecule has 244 valence electrons. The molecule has 0 bridgehead atoms. The number of hydrogen-bond acceptors (Lipinski definition) is 5. The molecular formula is C35H59N3O5. The van der Waals surface area contributed by atoms with Crippen LogP contribution in [0.4, 0.5) is 0 Å². The van der Waals surface area contributed by atoms with Crippen LogP contribution in [0.15, 0.2) is 12.2 Å².